The number of halogens is 2. The van der Waals surface area contributed by atoms with Gasteiger partial charge in [0.2, 0.25) is 0 Å². The van der Waals surface area contributed by atoms with E-state index in [1.807, 2.05) is 19.3 Å². The SMILES string of the molecule is CCNC(Cc1ccc(F)c(Cl)c1)c1cncc(C)c1. The highest BCUT2D eigenvalue weighted by Crippen LogP contribution is 2.22. The highest BCUT2D eigenvalue weighted by Gasteiger charge is 2.13. The van der Waals surface area contributed by atoms with Crippen LogP contribution in [0.25, 0.3) is 0 Å². The Labute approximate surface area is 124 Å². The Hall–Kier alpha value is -1.45. The predicted octanol–water partition coefficient (Wildman–Crippen LogP) is 4.08. The number of hydrogen-bond acceptors (Lipinski definition) is 2. The molecule has 106 valence electrons. The zero-order valence-corrected chi connectivity index (χ0v) is 12.4. The Morgan fingerprint density at radius 3 is 2.75 bits per heavy atom. The number of aromatic nitrogens is 1. The second-order valence-electron chi connectivity index (χ2n) is 4.86. The number of likely N-dealkylation sites (N-methyl/N-ethyl adjacent to an activating group) is 1. The van der Waals surface area contributed by atoms with Crippen molar-refractivity contribution < 1.29 is 4.39 Å². The van der Waals surface area contributed by atoms with Gasteiger partial charge in [-0.05, 0) is 48.7 Å². The molecule has 0 aliphatic rings. The minimum atomic E-state index is -0.382. The minimum Gasteiger partial charge on any atom is -0.310 e. The van der Waals surface area contributed by atoms with Gasteiger partial charge in [0.25, 0.3) is 0 Å². The fourth-order valence-corrected chi connectivity index (χ4v) is 2.43. The van der Waals surface area contributed by atoms with Crippen molar-refractivity contribution in [2.24, 2.45) is 0 Å². The maximum Gasteiger partial charge on any atom is 0.141 e. The standard InChI is InChI=1S/C16H18ClFN2/c1-3-20-16(13-6-11(2)9-19-10-13)8-12-4-5-15(18)14(17)7-12/h4-7,9-10,16,20H,3,8H2,1-2H3. The van der Waals surface area contributed by atoms with E-state index in [2.05, 4.69) is 23.3 Å². The number of nitrogens with zero attached hydrogens (tertiary/aromatic N) is 1. The Kier molecular flexibility index (Phi) is 5.10. The van der Waals surface area contributed by atoms with Crippen LogP contribution in [0, 0.1) is 12.7 Å². The van der Waals surface area contributed by atoms with Crippen LogP contribution in [0.15, 0.2) is 36.7 Å². The molecule has 1 unspecified atom stereocenters. The van der Waals surface area contributed by atoms with Crippen molar-refractivity contribution in [3.63, 3.8) is 0 Å². The van der Waals surface area contributed by atoms with Crippen LogP contribution in [0.5, 0.6) is 0 Å². The number of benzene rings is 1. The van der Waals surface area contributed by atoms with E-state index in [4.69, 9.17) is 11.6 Å². The molecular weight excluding hydrogens is 275 g/mol. The van der Waals surface area contributed by atoms with Crippen molar-refractivity contribution in [3.8, 4) is 0 Å². The smallest absolute Gasteiger partial charge is 0.141 e. The third-order valence-corrected chi connectivity index (χ3v) is 3.46. The summed E-state index contributed by atoms with van der Waals surface area (Å²) in [6.45, 7) is 4.94. The lowest BCUT2D eigenvalue weighted by Crippen LogP contribution is -2.23. The van der Waals surface area contributed by atoms with Gasteiger partial charge in [-0.2, -0.15) is 0 Å². The Balaban J connectivity index is 2.22. The molecule has 1 N–H and O–H groups in total. The van der Waals surface area contributed by atoms with Gasteiger partial charge in [-0.1, -0.05) is 30.7 Å². The van der Waals surface area contributed by atoms with Crippen LogP contribution in [0.4, 0.5) is 4.39 Å². The molecule has 0 amide bonds. The molecule has 1 aromatic carbocycles. The number of hydrogen-bond donors (Lipinski definition) is 1. The van der Waals surface area contributed by atoms with Crippen molar-refractivity contribution in [1.29, 1.82) is 0 Å². The van der Waals surface area contributed by atoms with Gasteiger partial charge in [0.05, 0.1) is 5.02 Å². The third-order valence-electron chi connectivity index (χ3n) is 3.17. The molecule has 20 heavy (non-hydrogen) atoms. The number of pyridine rings is 1. The molecule has 4 heteroatoms. The molecule has 1 aromatic heterocycles. The lowest BCUT2D eigenvalue weighted by atomic mass is 9.99. The Morgan fingerprint density at radius 1 is 1.30 bits per heavy atom. The van der Waals surface area contributed by atoms with Gasteiger partial charge in [0, 0.05) is 18.4 Å². The third kappa shape index (κ3) is 3.78. The normalized spacial score (nSPS) is 12.4. The minimum absolute atomic E-state index is 0.147. The van der Waals surface area contributed by atoms with Gasteiger partial charge < -0.3 is 5.32 Å². The van der Waals surface area contributed by atoms with E-state index in [1.165, 1.54) is 6.07 Å². The first kappa shape index (κ1) is 14.9. The molecule has 2 nitrogen and oxygen atoms in total. The van der Waals surface area contributed by atoms with E-state index in [1.54, 1.807) is 12.1 Å². The van der Waals surface area contributed by atoms with Crippen LogP contribution in [0.3, 0.4) is 0 Å². The van der Waals surface area contributed by atoms with Crippen LogP contribution < -0.4 is 5.32 Å². The molecule has 0 bridgehead atoms. The summed E-state index contributed by atoms with van der Waals surface area (Å²) in [5.74, 6) is -0.382. The lowest BCUT2D eigenvalue weighted by Gasteiger charge is -2.18. The zero-order chi connectivity index (χ0) is 14.5. The topological polar surface area (TPSA) is 24.9 Å². The number of nitrogens with one attached hydrogen (secondary N) is 1. The summed E-state index contributed by atoms with van der Waals surface area (Å²) in [7, 11) is 0. The van der Waals surface area contributed by atoms with E-state index < -0.39 is 0 Å². The fraction of sp³-hybridized carbons (Fsp3) is 0.312. The molecule has 0 radical (unpaired) electrons. The van der Waals surface area contributed by atoms with Crippen molar-refractivity contribution in [2.45, 2.75) is 26.3 Å². The average molecular weight is 293 g/mol. The molecule has 1 heterocycles. The van der Waals surface area contributed by atoms with Gasteiger partial charge in [0.15, 0.2) is 0 Å². The van der Waals surface area contributed by atoms with Crippen LogP contribution in [0.2, 0.25) is 5.02 Å². The zero-order valence-electron chi connectivity index (χ0n) is 11.7. The van der Waals surface area contributed by atoms with E-state index in [0.717, 1.165) is 29.7 Å². The van der Waals surface area contributed by atoms with E-state index in [9.17, 15) is 4.39 Å². The molecule has 0 saturated heterocycles. The Morgan fingerprint density at radius 2 is 2.10 bits per heavy atom. The van der Waals surface area contributed by atoms with Gasteiger partial charge in [-0.15, -0.1) is 0 Å². The van der Waals surface area contributed by atoms with Gasteiger partial charge in [-0.25, -0.2) is 4.39 Å². The van der Waals surface area contributed by atoms with E-state index in [0.29, 0.717) is 0 Å². The van der Waals surface area contributed by atoms with Crippen LogP contribution in [0.1, 0.15) is 29.7 Å². The first-order chi connectivity index (χ1) is 9.60. The summed E-state index contributed by atoms with van der Waals surface area (Å²) in [6, 6.07) is 7.13. The van der Waals surface area contributed by atoms with Gasteiger partial charge in [0.1, 0.15) is 5.82 Å². The maximum absolute atomic E-state index is 13.2. The molecule has 0 spiro atoms. The quantitative estimate of drug-likeness (QED) is 0.898. The summed E-state index contributed by atoms with van der Waals surface area (Å²) in [5.41, 5.74) is 3.26. The first-order valence-corrected chi connectivity index (χ1v) is 7.06. The van der Waals surface area contributed by atoms with Crippen molar-refractivity contribution in [2.75, 3.05) is 6.54 Å². The predicted molar refractivity (Wildman–Crippen MR) is 80.5 cm³/mol. The summed E-state index contributed by atoms with van der Waals surface area (Å²) in [5, 5.41) is 3.60. The number of aryl methyl sites for hydroxylation is 1. The van der Waals surface area contributed by atoms with Gasteiger partial charge in [-0.3, -0.25) is 4.98 Å². The van der Waals surface area contributed by atoms with E-state index >= 15 is 0 Å². The van der Waals surface area contributed by atoms with E-state index in [-0.39, 0.29) is 16.9 Å². The second kappa shape index (κ2) is 6.82. The number of rotatable bonds is 5. The molecule has 0 saturated carbocycles. The summed E-state index contributed by atoms with van der Waals surface area (Å²) < 4.78 is 13.2. The van der Waals surface area contributed by atoms with Crippen LogP contribution in [-0.4, -0.2) is 11.5 Å². The van der Waals surface area contributed by atoms with Crippen molar-refractivity contribution in [3.05, 3.63) is 64.2 Å². The fourth-order valence-electron chi connectivity index (χ4n) is 2.23. The van der Waals surface area contributed by atoms with Crippen LogP contribution >= 0.6 is 11.6 Å². The first-order valence-electron chi connectivity index (χ1n) is 6.69. The van der Waals surface area contributed by atoms with Crippen molar-refractivity contribution >= 4 is 11.6 Å². The second-order valence-corrected chi connectivity index (χ2v) is 5.27. The van der Waals surface area contributed by atoms with Crippen molar-refractivity contribution in [1.82, 2.24) is 10.3 Å². The van der Waals surface area contributed by atoms with Gasteiger partial charge >= 0.3 is 0 Å². The maximum atomic E-state index is 13.2. The summed E-state index contributed by atoms with van der Waals surface area (Å²) in [6.07, 6.45) is 4.45. The monoisotopic (exact) mass is 292 g/mol. The Bertz CT molecular complexity index is 586. The summed E-state index contributed by atoms with van der Waals surface area (Å²) >= 11 is 5.84. The largest absolute Gasteiger partial charge is 0.310 e. The highest BCUT2D eigenvalue weighted by molar-refractivity contribution is 6.30. The molecule has 1 atom stereocenters. The molecule has 0 aliphatic carbocycles. The molecule has 0 aliphatic heterocycles. The van der Waals surface area contributed by atoms with Crippen LogP contribution in [-0.2, 0) is 6.42 Å². The molecular formula is C16H18ClFN2. The average Bonchev–Trinajstić information content (AvgIpc) is 2.42. The lowest BCUT2D eigenvalue weighted by molar-refractivity contribution is 0.547. The molecule has 2 aromatic rings. The molecule has 2 rings (SSSR count). The summed E-state index contributed by atoms with van der Waals surface area (Å²) in [4.78, 5) is 4.23. The highest BCUT2D eigenvalue weighted by atomic mass is 35.5. The molecule has 0 fully saturated rings.